The number of ether oxygens (including phenoxy) is 1. The maximum atomic E-state index is 9.39. The van der Waals surface area contributed by atoms with Crippen molar-refractivity contribution in [2.75, 3.05) is 12.4 Å². The van der Waals surface area contributed by atoms with Crippen LogP contribution < -0.4 is 10.1 Å². The summed E-state index contributed by atoms with van der Waals surface area (Å²) in [6.45, 7) is 7.94. The van der Waals surface area contributed by atoms with Crippen LogP contribution in [-0.4, -0.2) is 22.0 Å². The summed E-state index contributed by atoms with van der Waals surface area (Å²) in [5, 5.41) is 17.4. The Labute approximate surface area is 131 Å². The zero-order valence-corrected chi connectivity index (χ0v) is 13.8. The number of rotatable bonds is 7. The Morgan fingerprint density at radius 1 is 1.32 bits per heavy atom. The van der Waals surface area contributed by atoms with Gasteiger partial charge in [0.15, 0.2) is 0 Å². The van der Waals surface area contributed by atoms with Crippen LogP contribution in [0.5, 0.6) is 5.75 Å². The van der Waals surface area contributed by atoms with Crippen molar-refractivity contribution >= 4 is 5.69 Å². The number of hydrogen-bond acceptors (Lipinski definition) is 4. The first-order valence-electron chi connectivity index (χ1n) is 7.65. The molecule has 0 saturated heterocycles. The summed E-state index contributed by atoms with van der Waals surface area (Å²) < 4.78 is 7.29. The lowest BCUT2D eigenvalue weighted by molar-refractivity contribution is 0.274. The van der Waals surface area contributed by atoms with E-state index >= 15 is 0 Å². The van der Waals surface area contributed by atoms with Gasteiger partial charge in [-0.2, -0.15) is 5.10 Å². The average Bonchev–Trinajstić information content (AvgIpc) is 2.79. The van der Waals surface area contributed by atoms with E-state index in [0.717, 1.165) is 36.5 Å². The summed E-state index contributed by atoms with van der Waals surface area (Å²) in [6.07, 6.45) is 1.08. The molecular formula is C17H25N3O2. The number of aromatic nitrogens is 2. The van der Waals surface area contributed by atoms with Gasteiger partial charge in [-0.3, -0.25) is 4.68 Å². The molecule has 2 aromatic rings. The normalized spacial score (nSPS) is 10.8. The zero-order valence-electron chi connectivity index (χ0n) is 13.8. The van der Waals surface area contributed by atoms with E-state index in [1.54, 1.807) is 7.11 Å². The molecule has 0 radical (unpaired) electrons. The van der Waals surface area contributed by atoms with E-state index in [1.165, 1.54) is 11.3 Å². The van der Waals surface area contributed by atoms with Crippen molar-refractivity contribution in [3.05, 3.63) is 40.7 Å². The van der Waals surface area contributed by atoms with E-state index in [-0.39, 0.29) is 6.61 Å². The smallest absolute Gasteiger partial charge is 0.124 e. The number of aryl methyl sites for hydroxylation is 2. The predicted molar refractivity (Wildman–Crippen MR) is 88.2 cm³/mol. The fraction of sp³-hybridized carbons (Fsp3) is 0.471. The first-order chi connectivity index (χ1) is 10.6. The predicted octanol–water partition coefficient (Wildman–Crippen LogP) is 3.02. The number of aliphatic hydroxyl groups excluding tert-OH is 1. The average molecular weight is 303 g/mol. The number of methoxy groups -OCH3 is 1. The highest BCUT2D eigenvalue weighted by Gasteiger charge is 2.11. The molecule has 0 amide bonds. The van der Waals surface area contributed by atoms with E-state index in [1.807, 2.05) is 25.1 Å². The zero-order chi connectivity index (χ0) is 16.1. The second kappa shape index (κ2) is 7.31. The second-order valence-corrected chi connectivity index (χ2v) is 5.41. The Balaban J connectivity index is 2.13. The van der Waals surface area contributed by atoms with Gasteiger partial charge in [0.1, 0.15) is 5.75 Å². The highest BCUT2D eigenvalue weighted by atomic mass is 16.5. The quantitative estimate of drug-likeness (QED) is 0.825. The van der Waals surface area contributed by atoms with Gasteiger partial charge in [-0.05, 0) is 38.5 Å². The third-order valence-electron chi connectivity index (χ3n) is 3.89. The molecule has 5 nitrogen and oxygen atoms in total. The Morgan fingerprint density at radius 3 is 2.73 bits per heavy atom. The molecule has 0 bridgehead atoms. The van der Waals surface area contributed by atoms with Crippen molar-refractivity contribution in [3.8, 4) is 5.75 Å². The van der Waals surface area contributed by atoms with Crippen molar-refractivity contribution < 1.29 is 9.84 Å². The summed E-state index contributed by atoms with van der Waals surface area (Å²) in [5.41, 5.74) is 5.25. The van der Waals surface area contributed by atoms with Gasteiger partial charge < -0.3 is 15.2 Å². The minimum Gasteiger partial charge on any atom is -0.496 e. The number of hydrogen-bond donors (Lipinski definition) is 2. The summed E-state index contributed by atoms with van der Waals surface area (Å²) in [6, 6.07) is 5.74. The van der Waals surface area contributed by atoms with Crippen LogP contribution in [0.2, 0.25) is 0 Å². The van der Waals surface area contributed by atoms with Crippen molar-refractivity contribution in [2.24, 2.45) is 0 Å². The number of nitrogens with zero attached hydrogens (tertiary/aromatic N) is 2. The number of nitrogens with one attached hydrogen (secondary N) is 1. The fourth-order valence-electron chi connectivity index (χ4n) is 2.62. The Kier molecular flexibility index (Phi) is 5.44. The molecule has 1 aromatic carbocycles. The molecule has 0 atom stereocenters. The molecule has 0 aliphatic heterocycles. The molecule has 2 N–H and O–H groups in total. The highest BCUT2D eigenvalue weighted by molar-refractivity contribution is 5.51. The topological polar surface area (TPSA) is 59.3 Å². The SMILES string of the molecule is CCCn1nc(C)c(CNc2ccc(OC)c(CO)c2)c1C. The molecule has 0 aliphatic carbocycles. The van der Waals surface area contributed by atoms with Crippen molar-refractivity contribution in [1.82, 2.24) is 9.78 Å². The van der Waals surface area contributed by atoms with Crippen LogP contribution in [0.3, 0.4) is 0 Å². The summed E-state index contributed by atoms with van der Waals surface area (Å²) in [5.74, 6) is 0.705. The molecular weight excluding hydrogens is 278 g/mol. The van der Waals surface area contributed by atoms with Crippen LogP contribution in [0, 0.1) is 13.8 Å². The fourth-order valence-corrected chi connectivity index (χ4v) is 2.62. The third-order valence-corrected chi connectivity index (χ3v) is 3.89. The lowest BCUT2D eigenvalue weighted by Gasteiger charge is -2.11. The number of aliphatic hydroxyl groups is 1. The summed E-state index contributed by atoms with van der Waals surface area (Å²) >= 11 is 0. The second-order valence-electron chi connectivity index (χ2n) is 5.41. The van der Waals surface area contributed by atoms with Gasteiger partial charge in [-0.15, -0.1) is 0 Å². The van der Waals surface area contributed by atoms with Crippen LogP contribution in [0.15, 0.2) is 18.2 Å². The summed E-state index contributed by atoms with van der Waals surface area (Å²) in [7, 11) is 1.61. The van der Waals surface area contributed by atoms with Gasteiger partial charge >= 0.3 is 0 Å². The third kappa shape index (κ3) is 3.42. The molecule has 2 rings (SSSR count). The van der Waals surface area contributed by atoms with Gasteiger partial charge in [0.25, 0.3) is 0 Å². The van der Waals surface area contributed by atoms with E-state index in [0.29, 0.717) is 5.75 Å². The molecule has 1 heterocycles. The van der Waals surface area contributed by atoms with Crippen LogP contribution in [0.4, 0.5) is 5.69 Å². The van der Waals surface area contributed by atoms with Crippen molar-refractivity contribution in [1.29, 1.82) is 0 Å². The molecule has 0 spiro atoms. The van der Waals surface area contributed by atoms with Crippen LogP contribution >= 0.6 is 0 Å². The van der Waals surface area contributed by atoms with Gasteiger partial charge in [-0.25, -0.2) is 0 Å². The molecule has 0 unspecified atom stereocenters. The van der Waals surface area contributed by atoms with E-state index < -0.39 is 0 Å². The Morgan fingerprint density at radius 2 is 2.09 bits per heavy atom. The first kappa shape index (κ1) is 16.4. The molecule has 22 heavy (non-hydrogen) atoms. The lowest BCUT2D eigenvalue weighted by atomic mass is 10.1. The van der Waals surface area contributed by atoms with Gasteiger partial charge in [0.2, 0.25) is 0 Å². The van der Waals surface area contributed by atoms with Gasteiger partial charge in [0, 0.05) is 35.6 Å². The molecule has 1 aromatic heterocycles. The lowest BCUT2D eigenvalue weighted by Crippen LogP contribution is -2.05. The van der Waals surface area contributed by atoms with Crippen molar-refractivity contribution in [3.63, 3.8) is 0 Å². The molecule has 0 saturated carbocycles. The van der Waals surface area contributed by atoms with E-state index in [9.17, 15) is 5.11 Å². The largest absolute Gasteiger partial charge is 0.496 e. The Bertz CT molecular complexity index is 635. The van der Waals surface area contributed by atoms with Crippen LogP contribution in [0.1, 0.15) is 35.9 Å². The molecule has 120 valence electrons. The minimum absolute atomic E-state index is 0.0365. The van der Waals surface area contributed by atoms with E-state index in [2.05, 4.69) is 28.9 Å². The van der Waals surface area contributed by atoms with E-state index in [4.69, 9.17) is 4.74 Å². The van der Waals surface area contributed by atoms with Gasteiger partial charge in [-0.1, -0.05) is 6.92 Å². The van der Waals surface area contributed by atoms with Crippen LogP contribution in [-0.2, 0) is 19.7 Å². The summed E-state index contributed by atoms with van der Waals surface area (Å²) in [4.78, 5) is 0. The number of anilines is 1. The molecule has 0 fully saturated rings. The Hall–Kier alpha value is -2.01. The molecule has 0 aliphatic rings. The number of benzene rings is 1. The first-order valence-corrected chi connectivity index (χ1v) is 7.65. The van der Waals surface area contributed by atoms with Crippen molar-refractivity contribution in [2.45, 2.75) is 46.9 Å². The maximum absolute atomic E-state index is 9.39. The standard InChI is InChI=1S/C17H25N3O2/c1-5-8-20-13(3)16(12(2)19-20)10-18-15-6-7-17(22-4)14(9-15)11-21/h6-7,9,18,21H,5,8,10-11H2,1-4H3. The molecule has 5 heteroatoms. The van der Waals surface area contributed by atoms with Gasteiger partial charge in [0.05, 0.1) is 19.4 Å². The maximum Gasteiger partial charge on any atom is 0.124 e. The van der Waals surface area contributed by atoms with Crippen LogP contribution in [0.25, 0.3) is 0 Å². The highest BCUT2D eigenvalue weighted by Crippen LogP contribution is 2.23. The minimum atomic E-state index is -0.0365. The monoisotopic (exact) mass is 303 g/mol.